The molecule has 35 heavy (non-hydrogen) atoms. The summed E-state index contributed by atoms with van der Waals surface area (Å²) in [5.41, 5.74) is 5.57. The molecule has 0 aromatic carbocycles. The minimum absolute atomic E-state index is 0.00276. The van der Waals surface area contributed by atoms with Crippen LogP contribution < -0.4 is 5.32 Å². The predicted octanol–water partition coefficient (Wildman–Crippen LogP) is 6.42. The van der Waals surface area contributed by atoms with Crippen molar-refractivity contribution in [1.82, 2.24) is 19.9 Å². The highest BCUT2D eigenvalue weighted by molar-refractivity contribution is 7.13. The molecule has 0 saturated carbocycles. The predicted molar refractivity (Wildman–Crippen MR) is 143 cm³/mol. The second kappa shape index (κ2) is 12.0. The average Bonchev–Trinajstić information content (AvgIpc) is 3.62. The first kappa shape index (κ1) is 25.6. The third-order valence-electron chi connectivity index (χ3n) is 7.04. The maximum Gasteiger partial charge on any atom is 0.253 e. The molecule has 2 unspecified atom stereocenters. The Morgan fingerprint density at radius 3 is 2.86 bits per heavy atom. The molecule has 1 fully saturated rings. The second-order valence-electron chi connectivity index (χ2n) is 9.63. The lowest BCUT2D eigenvalue weighted by Gasteiger charge is -2.16. The number of carbonyl (C=O) groups is 1. The molecule has 0 bridgehead atoms. The molecular formula is C28H38N4O2S. The van der Waals surface area contributed by atoms with Crippen LogP contribution in [0.5, 0.6) is 0 Å². The lowest BCUT2D eigenvalue weighted by atomic mass is 9.99. The summed E-state index contributed by atoms with van der Waals surface area (Å²) in [6.45, 7) is 10.7. The number of ether oxygens (including phenoxy) is 1. The molecule has 1 N–H and O–H groups in total. The van der Waals surface area contributed by atoms with Gasteiger partial charge >= 0.3 is 0 Å². The smallest absolute Gasteiger partial charge is 0.253 e. The Balaban J connectivity index is 1.60. The van der Waals surface area contributed by atoms with E-state index in [0.717, 1.165) is 84.3 Å². The van der Waals surface area contributed by atoms with E-state index in [0.29, 0.717) is 5.92 Å². The van der Waals surface area contributed by atoms with E-state index in [4.69, 9.17) is 9.72 Å². The normalized spacial score (nSPS) is 16.5. The zero-order chi connectivity index (χ0) is 24.8. The Morgan fingerprint density at radius 1 is 1.31 bits per heavy atom. The second-order valence-corrected chi connectivity index (χ2v) is 10.5. The summed E-state index contributed by atoms with van der Waals surface area (Å²) in [4.78, 5) is 22.6. The number of aromatic nitrogens is 3. The fraction of sp³-hybridized carbons (Fsp3) is 0.536. The first-order valence-corrected chi connectivity index (χ1v) is 13.9. The number of hydrogen-bond acceptors (Lipinski definition) is 5. The van der Waals surface area contributed by atoms with Crippen molar-refractivity contribution >= 4 is 17.2 Å². The molecule has 1 aliphatic heterocycles. The third kappa shape index (κ3) is 6.19. The topological polar surface area (TPSA) is 69.0 Å². The number of pyridine rings is 1. The van der Waals surface area contributed by atoms with Crippen molar-refractivity contribution in [2.75, 3.05) is 13.2 Å². The Morgan fingerprint density at radius 2 is 2.17 bits per heavy atom. The number of thiazole rings is 1. The van der Waals surface area contributed by atoms with Gasteiger partial charge < -0.3 is 14.6 Å². The van der Waals surface area contributed by atoms with Gasteiger partial charge in [-0.2, -0.15) is 0 Å². The van der Waals surface area contributed by atoms with Crippen molar-refractivity contribution in [3.8, 4) is 22.0 Å². The number of nitrogens with zero attached hydrogens (tertiary/aromatic N) is 3. The summed E-state index contributed by atoms with van der Waals surface area (Å²) in [5.74, 6) is 0.528. The van der Waals surface area contributed by atoms with E-state index >= 15 is 0 Å². The average molecular weight is 495 g/mol. The molecule has 0 aliphatic carbocycles. The van der Waals surface area contributed by atoms with Crippen molar-refractivity contribution < 1.29 is 9.53 Å². The third-order valence-corrected chi connectivity index (χ3v) is 7.93. The van der Waals surface area contributed by atoms with Crippen molar-refractivity contribution in [2.45, 2.75) is 78.9 Å². The van der Waals surface area contributed by atoms with Gasteiger partial charge in [0.25, 0.3) is 5.91 Å². The fourth-order valence-electron chi connectivity index (χ4n) is 4.71. The lowest BCUT2D eigenvalue weighted by Crippen LogP contribution is -2.29. The summed E-state index contributed by atoms with van der Waals surface area (Å²) >= 11 is 1.61. The lowest BCUT2D eigenvalue weighted by molar-refractivity contribution is 0.0935. The van der Waals surface area contributed by atoms with Crippen LogP contribution in [0.3, 0.4) is 0 Å². The first-order valence-electron chi connectivity index (χ1n) is 13.0. The van der Waals surface area contributed by atoms with Gasteiger partial charge in [-0.15, -0.1) is 11.3 Å². The molecule has 4 rings (SSSR count). The molecule has 0 spiro atoms. The van der Waals surface area contributed by atoms with Crippen LogP contribution in [-0.4, -0.2) is 39.7 Å². The van der Waals surface area contributed by atoms with E-state index < -0.39 is 0 Å². The van der Waals surface area contributed by atoms with Crippen LogP contribution >= 0.6 is 11.3 Å². The Bertz CT molecular complexity index is 1110. The van der Waals surface area contributed by atoms with Crippen LogP contribution in [0.2, 0.25) is 0 Å². The van der Waals surface area contributed by atoms with E-state index in [1.54, 1.807) is 11.3 Å². The molecule has 4 heterocycles. The van der Waals surface area contributed by atoms with Crippen LogP contribution in [0.25, 0.3) is 22.0 Å². The number of amides is 1. The highest BCUT2D eigenvalue weighted by atomic mass is 32.1. The van der Waals surface area contributed by atoms with E-state index in [1.807, 2.05) is 32.2 Å². The molecule has 1 amide bonds. The molecule has 3 aromatic heterocycles. The summed E-state index contributed by atoms with van der Waals surface area (Å²) in [5, 5.41) is 6.22. The first-order chi connectivity index (χ1) is 17.0. The number of hydrogen-bond donors (Lipinski definition) is 1. The Hall–Kier alpha value is -2.51. The zero-order valence-electron chi connectivity index (χ0n) is 21.5. The van der Waals surface area contributed by atoms with Gasteiger partial charge in [0.05, 0.1) is 23.1 Å². The van der Waals surface area contributed by atoms with Gasteiger partial charge in [-0.1, -0.05) is 33.1 Å². The fourth-order valence-corrected chi connectivity index (χ4v) is 5.51. The van der Waals surface area contributed by atoms with Crippen molar-refractivity contribution in [2.24, 2.45) is 5.92 Å². The van der Waals surface area contributed by atoms with E-state index in [9.17, 15) is 4.79 Å². The molecule has 188 valence electrons. The van der Waals surface area contributed by atoms with Gasteiger partial charge in [0, 0.05) is 48.2 Å². The summed E-state index contributed by atoms with van der Waals surface area (Å²) in [6.07, 6.45) is 8.82. The molecule has 0 radical (unpaired) electrons. The van der Waals surface area contributed by atoms with Gasteiger partial charge in [0.15, 0.2) is 0 Å². The van der Waals surface area contributed by atoms with Crippen molar-refractivity contribution in [3.63, 3.8) is 0 Å². The van der Waals surface area contributed by atoms with Gasteiger partial charge in [0.2, 0.25) is 0 Å². The molecule has 3 aromatic rings. The molecule has 1 saturated heterocycles. The van der Waals surface area contributed by atoms with Gasteiger partial charge in [-0.25, -0.2) is 4.98 Å². The summed E-state index contributed by atoms with van der Waals surface area (Å²) < 4.78 is 8.17. The highest BCUT2D eigenvalue weighted by Crippen LogP contribution is 2.32. The van der Waals surface area contributed by atoms with E-state index in [2.05, 4.69) is 40.2 Å². The number of nitrogens with one attached hydrogen (secondary N) is 1. The Labute approximate surface area is 213 Å². The SMILES string of the molecule is CCCCC(CC)CNC(=O)c1cc(-c2csc(-c3ccc(C)nc3)n2)n(CC2CCCO2)c1C. The Kier molecular flexibility index (Phi) is 8.74. The molecule has 7 heteroatoms. The van der Waals surface area contributed by atoms with Crippen LogP contribution in [0.15, 0.2) is 29.8 Å². The van der Waals surface area contributed by atoms with Crippen LogP contribution in [0, 0.1) is 19.8 Å². The van der Waals surface area contributed by atoms with Crippen molar-refractivity contribution in [1.29, 1.82) is 0 Å². The van der Waals surface area contributed by atoms with Gasteiger partial charge in [0.1, 0.15) is 5.01 Å². The van der Waals surface area contributed by atoms with Crippen LogP contribution in [-0.2, 0) is 11.3 Å². The summed E-state index contributed by atoms with van der Waals surface area (Å²) in [7, 11) is 0. The van der Waals surface area contributed by atoms with E-state index in [-0.39, 0.29) is 12.0 Å². The van der Waals surface area contributed by atoms with Crippen molar-refractivity contribution in [3.05, 3.63) is 46.7 Å². The summed E-state index contributed by atoms with van der Waals surface area (Å²) in [6, 6.07) is 6.08. The molecule has 2 atom stereocenters. The number of unbranched alkanes of at least 4 members (excludes halogenated alkanes) is 1. The zero-order valence-corrected chi connectivity index (χ0v) is 22.3. The largest absolute Gasteiger partial charge is 0.376 e. The maximum atomic E-state index is 13.3. The quantitative estimate of drug-likeness (QED) is 0.334. The van der Waals surface area contributed by atoms with E-state index in [1.165, 1.54) is 12.8 Å². The minimum Gasteiger partial charge on any atom is -0.376 e. The van der Waals surface area contributed by atoms with Gasteiger partial charge in [-0.3, -0.25) is 9.78 Å². The number of rotatable bonds is 11. The number of aryl methyl sites for hydroxylation is 1. The van der Waals surface area contributed by atoms with Crippen LogP contribution in [0.1, 0.15) is 74.1 Å². The number of carbonyl (C=O) groups excluding carboxylic acids is 1. The molecular weight excluding hydrogens is 456 g/mol. The molecule has 6 nitrogen and oxygen atoms in total. The standard InChI is InChI=1S/C28H38N4O2S/c1-5-7-9-21(6-2)15-30-27(33)24-14-26(32(20(24)4)17-23-10-8-13-34-23)25-18-35-28(31-25)22-12-11-19(3)29-16-22/h11-12,14,16,18,21,23H,5-10,13,15,17H2,1-4H3,(H,30,33). The highest BCUT2D eigenvalue weighted by Gasteiger charge is 2.24. The van der Waals surface area contributed by atoms with Crippen LogP contribution in [0.4, 0.5) is 0 Å². The maximum absolute atomic E-state index is 13.3. The monoisotopic (exact) mass is 494 g/mol. The minimum atomic E-state index is 0.00276. The van der Waals surface area contributed by atoms with Gasteiger partial charge in [-0.05, 0) is 57.2 Å². The molecule has 1 aliphatic rings.